The van der Waals surface area contributed by atoms with Gasteiger partial charge in [-0.1, -0.05) is 11.6 Å². The van der Waals surface area contributed by atoms with E-state index in [-0.39, 0.29) is 5.91 Å². The third kappa shape index (κ3) is 4.20. The standard InChI is InChI=1S/C17H18ClNO4/c18-14-10-12(11-15-17(14)23-9-8-22-15)5-6-19-16(20)4-3-13-2-1-7-21-13/h1-2,7,10-11H,3-6,8-9H2,(H,19,20). The average Bonchev–Trinajstić information content (AvgIpc) is 3.06. The lowest BCUT2D eigenvalue weighted by atomic mass is 10.1. The topological polar surface area (TPSA) is 60.7 Å². The zero-order valence-corrected chi connectivity index (χ0v) is 13.4. The molecule has 2 aromatic rings. The van der Waals surface area contributed by atoms with Crippen LogP contribution in [0.3, 0.4) is 0 Å². The molecule has 23 heavy (non-hydrogen) atoms. The number of fused-ring (bicyclic) bond motifs is 1. The molecule has 1 aliphatic rings. The summed E-state index contributed by atoms with van der Waals surface area (Å²) in [6.07, 6.45) is 3.31. The summed E-state index contributed by atoms with van der Waals surface area (Å²) in [6, 6.07) is 7.45. The first-order valence-corrected chi connectivity index (χ1v) is 7.97. The van der Waals surface area contributed by atoms with E-state index in [0.717, 1.165) is 11.3 Å². The Morgan fingerprint density at radius 2 is 2.09 bits per heavy atom. The molecule has 0 unspecified atom stereocenters. The number of furan rings is 1. The largest absolute Gasteiger partial charge is 0.486 e. The number of carbonyl (C=O) groups excluding carboxylic acids is 1. The number of ether oxygens (including phenoxy) is 2. The number of rotatable bonds is 6. The fraction of sp³-hybridized carbons (Fsp3) is 0.353. The highest BCUT2D eigenvalue weighted by Gasteiger charge is 2.16. The van der Waals surface area contributed by atoms with Crippen LogP contribution in [0.4, 0.5) is 0 Å². The van der Waals surface area contributed by atoms with Crippen molar-refractivity contribution in [2.75, 3.05) is 19.8 Å². The first kappa shape index (κ1) is 15.7. The lowest BCUT2D eigenvalue weighted by molar-refractivity contribution is -0.121. The molecular weight excluding hydrogens is 318 g/mol. The van der Waals surface area contributed by atoms with Crippen LogP contribution in [0, 0.1) is 0 Å². The van der Waals surface area contributed by atoms with Crippen LogP contribution in [0.1, 0.15) is 17.7 Å². The summed E-state index contributed by atoms with van der Waals surface area (Å²) in [5.41, 5.74) is 1.01. The molecule has 0 atom stereocenters. The Hall–Kier alpha value is -2.14. The van der Waals surface area contributed by atoms with Gasteiger partial charge >= 0.3 is 0 Å². The molecule has 3 rings (SSSR count). The quantitative estimate of drug-likeness (QED) is 0.881. The molecule has 0 radical (unpaired) electrons. The molecule has 5 nitrogen and oxygen atoms in total. The van der Waals surface area contributed by atoms with Crippen molar-refractivity contribution in [3.8, 4) is 11.5 Å². The summed E-state index contributed by atoms with van der Waals surface area (Å²) in [5.74, 6) is 2.09. The molecule has 0 saturated heterocycles. The molecule has 1 N–H and O–H groups in total. The highest BCUT2D eigenvalue weighted by atomic mass is 35.5. The molecule has 122 valence electrons. The number of halogens is 1. The van der Waals surface area contributed by atoms with Crippen LogP contribution in [0.15, 0.2) is 34.9 Å². The van der Waals surface area contributed by atoms with E-state index in [2.05, 4.69) is 5.32 Å². The van der Waals surface area contributed by atoms with Crippen molar-refractivity contribution in [3.63, 3.8) is 0 Å². The zero-order valence-electron chi connectivity index (χ0n) is 12.6. The van der Waals surface area contributed by atoms with Crippen molar-refractivity contribution in [2.45, 2.75) is 19.3 Å². The lowest BCUT2D eigenvalue weighted by Gasteiger charge is -2.20. The van der Waals surface area contributed by atoms with Crippen molar-refractivity contribution in [1.82, 2.24) is 5.32 Å². The summed E-state index contributed by atoms with van der Waals surface area (Å²) in [5, 5.41) is 3.44. The maximum absolute atomic E-state index is 11.8. The molecule has 1 amide bonds. The molecule has 1 aromatic heterocycles. The first-order chi connectivity index (χ1) is 11.2. The average molecular weight is 336 g/mol. The minimum atomic E-state index is 0.00467. The van der Waals surface area contributed by atoms with Gasteiger partial charge in [0.25, 0.3) is 0 Å². The number of hydrogen-bond donors (Lipinski definition) is 1. The van der Waals surface area contributed by atoms with Crippen LogP contribution >= 0.6 is 11.6 Å². The number of nitrogens with one attached hydrogen (secondary N) is 1. The van der Waals surface area contributed by atoms with Gasteiger partial charge in [-0.2, -0.15) is 0 Å². The minimum Gasteiger partial charge on any atom is -0.486 e. The summed E-state index contributed by atoms with van der Waals surface area (Å²) < 4.78 is 16.2. The van der Waals surface area contributed by atoms with Crippen molar-refractivity contribution >= 4 is 17.5 Å². The van der Waals surface area contributed by atoms with E-state index in [4.69, 9.17) is 25.5 Å². The number of carbonyl (C=O) groups is 1. The van der Waals surface area contributed by atoms with Gasteiger partial charge in [-0.3, -0.25) is 4.79 Å². The number of aryl methyl sites for hydroxylation is 1. The maximum Gasteiger partial charge on any atom is 0.220 e. The molecule has 2 heterocycles. The van der Waals surface area contributed by atoms with Crippen molar-refractivity contribution in [2.24, 2.45) is 0 Å². The second kappa shape index (κ2) is 7.42. The van der Waals surface area contributed by atoms with Gasteiger partial charge in [0.1, 0.15) is 19.0 Å². The summed E-state index contributed by atoms with van der Waals surface area (Å²) >= 11 is 6.19. The highest BCUT2D eigenvalue weighted by Crippen LogP contribution is 2.38. The fourth-order valence-corrected chi connectivity index (χ4v) is 2.72. The number of amides is 1. The molecule has 0 spiro atoms. The minimum absolute atomic E-state index is 0.00467. The summed E-state index contributed by atoms with van der Waals surface area (Å²) in [7, 11) is 0. The number of benzene rings is 1. The second-order valence-electron chi connectivity index (χ2n) is 5.28. The Labute approximate surface area is 139 Å². The van der Waals surface area contributed by atoms with E-state index in [1.807, 2.05) is 24.3 Å². The third-order valence-electron chi connectivity index (χ3n) is 3.57. The van der Waals surface area contributed by atoms with Gasteiger partial charge in [0.15, 0.2) is 11.5 Å². The van der Waals surface area contributed by atoms with Gasteiger partial charge in [0.05, 0.1) is 11.3 Å². The lowest BCUT2D eigenvalue weighted by Crippen LogP contribution is -2.26. The van der Waals surface area contributed by atoms with Gasteiger partial charge in [-0.05, 0) is 36.2 Å². The maximum atomic E-state index is 11.8. The van der Waals surface area contributed by atoms with Gasteiger partial charge in [-0.15, -0.1) is 0 Å². The Balaban J connectivity index is 1.47. The molecule has 0 bridgehead atoms. The molecule has 1 aromatic carbocycles. The summed E-state index contributed by atoms with van der Waals surface area (Å²) in [4.78, 5) is 11.8. The van der Waals surface area contributed by atoms with Crippen molar-refractivity contribution in [3.05, 3.63) is 46.9 Å². The Bertz CT molecular complexity index is 669. The smallest absolute Gasteiger partial charge is 0.220 e. The highest BCUT2D eigenvalue weighted by molar-refractivity contribution is 6.32. The molecule has 1 aliphatic heterocycles. The zero-order chi connectivity index (χ0) is 16.1. The van der Waals surface area contributed by atoms with Crippen molar-refractivity contribution in [1.29, 1.82) is 0 Å². The Kier molecular flexibility index (Phi) is 5.08. The predicted molar refractivity (Wildman–Crippen MR) is 86.2 cm³/mol. The van der Waals surface area contributed by atoms with Crippen molar-refractivity contribution < 1.29 is 18.7 Å². The van der Waals surface area contributed by atoms with Gasteiger partial charge < -0.3 is 19.2 Å². The normalized spacial score (nSPS) is 12.9. The summed E-state index contributed by atoms with van der Waals surface area (Å²) in [6.45, 7) is 1.58. The number of hydrogen-bond acceptors (Lipinski definition) is 4. The monoisotopic (exact) mass is 335 g/mol. The predicted octanol–water partition coefficient (Wildman–Crippen LogP) is 3.00. The van der Waals surface area contributed by atoms with Gasteiger partial charge in [0.2, 0.25) is 5.91 Å². The molecular formula is C17H18ClNO4. The van der Waals surface area contributed by atoms with Crippen LogP contribution in [-0.4, -0.2) is 25.7 Å². The SMILES string of the molecule is O=C(CCc1ccco1)NCCc1cc(Cl)c2c(c1)OCCO2. The fourth-order valence-electron chi connectivity index (χ4n) is 2.43. The van der Waals surface area contributed by atoms with E-state index in [9.17, 15) is 4.79 Å². The third-order valence-corrected chi connectivity index (χ3v) is 3.85. The van der Waals surface area contributed by atoms with E-state index >= 15 is 0 Å². The molecule has 0 aliphatic carbocycles. The van der Waals surface area contributed by atoms with Crippen LogP contribution in [-0.2, 0) is 17.6 Å². The molecule has 0 fully saturated rings. The van der Waals surface area contributed by atoms with Crippen LogP contribution in [0.2, 0.25) is 5.02 Å². The van der Waals surface area contributed by atoms with Crippen LogP contribution in [0.25, 0.3) is 0 Å². The second-order valence-corrected chi connectivity index (χ2v) is 5.69. The Morgan fingerprint density at radius 1 is 1.22 bits per heavy atom. The first-order valence-electron chi connectivity index (χ1n) is 7.59. The van der Waals surface area contributed by atoms with E-state index in [1.165, 1.54) is 0 Å². The van der Waals surface area contributed by atoms with Gasteiger partial charge in [0, 0.05) is 19.4 Å². The molecule has 0 saturated carbocycles. The van der Waals surface area contributed by atoms with Crippen LogP contribution in [0.5, 0.6) is 11.5 Å². The van der Waals surface area contributed by atoms with Crippen LogP contribution < -0.4 is 14.8 Å². The van der Waals surface area contributed by atoms with Gasteiger partial charge in [-0.25, -0.2) is 0 Å². The van der Waals surface area contributed by atoms with E-state index < -0.39 is 0 Å². The van der Waals surface area contributed by atoms with E-state index in [1.54, 1.807) is 6.26 Å². The molecule has 6 heteroatoms. The Morgan fingerprint density at radius 3 is 2.91 bits per heavy atom. The van der Waals surface area contributed by atoms with E-state index in [0.29, 0.717) is 55.5 Å².